The number of halogens is 4. The molecule has 0 unspecified atom stereocenters. The summed E-state index contributed by atoms with van der Waals surface area (Å²) in [5.41, 5.74) is 9.31. The topological polar surface area (TPSA) is 6.48 Å². The largest absolute Gasteiger partial charge is 0.310 e. The van der Waals surface area contributed by atoms with Crippen LogP contribution in [0.3, 0.4) is 0 Å². The van der Waals surface area contributed by atoms with Gasteiger partial charge in [-0.25, -0.2) is 17.6 Å². The minimum atomic E-state index is -0.761. The van der Waals surface area contributed by atoms with Crippen molar-refractivity contribution in [1.29, 1.82) is 0 Å². The molecule has 0 saturated carbocycles. The highest BCUT2D eigenvalue weighted by atomic mass is 19.1. The lowest BCUT2D eigenvalue weighted by Crippen LogP contribution is -2.26. The third-order valence-electron chi connectivity index (χ3n) is 12.6. The Labute approximate surface area is 337 Å². The average Bonchev–Trinajstić information content (AvgIpc) is 3.16. The lowest BCUT2D eigenvalue weighted by Gasteiger charge is -2.39. The Bertz CT molecular complexity index is 2650. The van der Waals surface area contributed by atoms with E-state index in [9.17, 15) is 0 Å². The van der Waals surface area contributed by atoms with Crippen LogP contribution in [0.5, 0.6) is 0 Å². The monoisotopic (exact) mass is 774 g/mol. The first-order valence-electron chi connectivity index (χ1n) is 20.1. The average molecular weight is 775 g/mol. The van der Waals surface area contributed by atoms with Gasteiger partial charge in [0, 0.05) is 88.1 Å². The molecule has 0 N–H and O–H groups in total. The van der Waals surface area contributed by atoms with E-state index in [-0.39, 0.29) is 56.0 Å². The second kappa shape index (κ2) is 12.8. The van der Waals surface area contributed by atoms with Crippen molar-refractivity contribution in [3.63, 3.8) is 0 Å². The molecule has 0 aromatic heterocycles. The summed E-state index contributed by atoms with van der Waals surface area (Å²) in [5, 5.41) is 0.642. The van der Waals surface area contributed by atoms with Crippen molar-refractivity contribution >= 4 is 77.3 Å². The maximum Gasteiger partial charge on any atom is 0.132 e. The maximum absolute atomic E-state index is 17.3. The van der Waals surface area contributed by atoms with Crippen LogP contribution >= 0.6 is 0 Å². The lowest BCUT2D eigenvalue weighted by molar-refractivity contribution is 0.627. The number of benzene rings is 7. The Morgan fingerprint density at radius 2 is 0.586 bits per heavy atom. The lowest BCUT2D eigenvalue weighted by atomic mass is 9.79. The predicted molar refractivity (Wildman–Crippen MR) is 238 cm³/mol. The van der Waals surface area contributed by atoms with Gasteiger partial charge in [-0.2, -0.15) is 0 Å². The number of hydrogen-bond acceptors (Lipinski definition) is 2. The van der Waals surface area contributed by atoms with Crippen LogP contribution < -0.4 is 9.80 Å². The van der Waals surface area contributed by atoms with Crippen molar-refractivity contribution in [1.82, 2.24) is 0 Å². The quantitative estimate of drug-likeness (QED) is 0.0943. The fraction of sp³-hybridized carbons (Fsp3) is 0.231. The molecule has 0 atom stereocenters. The normalized spacial score (nSPS) is 14.6. The molecular formula is C52H46F4N2. The summed E-state index contributed by atoms with van der Waals surface area (Å²) in [5.74, 6) is -2.58. The van der Waals surface area contributed by atoms with Gasteiger partial charge in [0.1, 0.15) is 23.3 Å². The van der Waals surface area contributed by atoms with Crippen LogP contribution in [0.15, 0.2) is 87.0 Å². The standard InChI is InChI=1S/C52H46F4N2/c1-23(2)31-15-13-16-32(24(3)4)51(31)57-27(9)35-19-39(53)45-47-41(55)21-37-29(11)58(52-33(25(5)6)17-14-18-34(52)26(7)8)30(12)38-22-42(56)48(50(47)44(37)38)46-40(54)20-36(28(57)10)43(35)49(45)46/h13-26H,9-12H2,1-8H3. The highest BCUT2D eigenvalue weighted by Crippen LogP contribution is 2.56. The number of para-hydroxylation sites is 2. The zero-order valence-corrected chi connectivity index (χ0v) is 34.3. The molecule has 2 aliphatic heterocycles. The van der Waals surface area contributed by atoms with Gasteiger partial charge in [-0.05, 0) is 70.2 Å². The molecule has 0 fully saturated rings. The predicted octanol–water partition coefficient (Wildman–Crippen LogP) is 15.7. The summed E-state index contributed by atoms with van der Waals surface area (Å²) < 4.78 is 69.0. The highest BCUT2D eigenvalue weighted by molar-refractivity contribution is 6.38. The van der Waals surface area contributed by atoms with E-state index in [1.807, 2.05) is 21.9 Å². The SMILES string of the molecule is C=C1c2cc(F)c3c4c(F)cc5c6c(cc(F)c(c7c(F)cc(c2c37)C(=C)N1c1c(C(C)C)cccc1C(C)C)c64)C(=C)N(c1c(C(C)C)cccc1C(C)C)C5=C. The number of hydrogen-bond donors (Lipinski definition) is 0. The third-order valence-corrected chi connectivity index (χ3v) is 12.6. The van der Waals surface area contributed by atoms with Gasteiger partial charge < -0.3 is 9.80 Å². The van der Waals surface area contributed by atoms with Gasteiger partial charge in [0.25, 0.3) is 0 Å². The maximum atomic E-state index is 17.3. The molecule has 0 bridgehead atoms. The first-order chi connectivity index (χ1) is 27.5. The van der Waals surface area contributed by atoms with E-state index in [0.29, 0.717) is 55.8 Å². The van der Waals surface area contributed by atoms with Crippen molar-refractivity contribution in [2.75, 3.05) is 9.80 Å². The van der Waals surface area contributed by atoms with Crippen LogP contribution in [-0.2, 0) is 0 Å². The Balaban J connectivity index is 1.37. The molecule has 0 saturated heterocycles. The van der Waals surface area contributed by atoms with Gasteiger partial charge in [0.15, 0.2) is 0 Å². The molecule has 6 heteroatoms. The minimum Gasteiger partial charge on any atom is -0.310 e. The fourth-order valence-corrected chi connectivity index (χ4v) is 9.92. The summed E-state index contributed by atoms with van der Waals surface area (Å²) >= 11 is 0. The molecular weight excluding hydrogens is 729 g/mol. The Morgan fingerprint density at radius 1 is 0.362 bits per heavy atom. The molecule has 292 valence electrons. The third kappa shape index (κ3) is 4.84. The van der Waals surface area contributed by atoms with Crippen molar-refractivity contribution in [3.05, 3.63) is 155 Å². The number of nitrogens with zero attached hydrogens (tertiary/aromatic N) is 2. The van der Waals surface area contributed by atoms with Crippen molar-refractivity contribution in [3.8, 4) is 0 Å². The van der Waals surface area contributed by atoms with Crippen LogP contribution in [0.4, 0.5) is 28.9 Å². The second-order valence-electron chi connectivity index (χ2n) is 17.3. The van der Waals surface area contributed by atoms with Gasteiger partial charge in [0.2, 0.25) is 0 Å². The first-order valence-corrected chi connectivity index (χ1v) is 20.1. The molecule has 0 radical (unpaired) electrons. The van der Waals surface area contributed by atoms with Crippen LogP contribution in [0.25, 0.3) is 65.9 Å². The Kier molecular flexibility index (Phi) is 8.32. The molecule has 2 aliphatic rings. The summed E-state index contributed by atoms with van der Waals surface area (Å²) in [6.45, 7) is 34.8. The summed E-state index contributed by atoms with van der Waals surface area (Å²) in [4.78, 5) is 3.80. The molecule has 0 aliphatic carbocycles. The van der Waals surface area contributed by atoms with Crippen LogP contribution in [0.1, 0.15) is 124 Å². The van der Waals surface area contributed by atoms with E-state index in [1.54, 1.807) is 0 Å². The first kappa shape index (κ1) is 37.7. The molecule has 0 amide bonds. The van der Waals surface area contributed by atoms with E-state index >= 15 is 17.6 Å². The number of anilines is 2. The summed E-state index contributed by atoms with van der Waals surface area (Å²) in [7, 11) is 0. The summed E-state index contributed by atoms with van der Waals surface area (Å²) in [6.07, 6.45) is 0. The fourth-order valence-electron chi connectivity index (χ4n) is 9.92. The van der Waals surface area contributed by atoms with Crippen molar-refractivity contribution in [2.45, 2.75) is 79.1 Å². The molecule has 0 spiro atoms. The number of fused-ring (bicyclic) bond motifs is 2. The van der Waals surface area contributed by atoms with Gasteiger partial charge >= 0.3 is 0 Å². The van der Waals surface area contributed by atoms with E-state index in [4.69, 9.17) is 0 Å². The van der Waals surface area contributed by atoms with Crippen LogP contribution in [0.2, 0.25) is 0 Å². The highest BCUT2D eigenvalue weighted by Gasteiger charge is 2.38. The molecule has 7 aromatic rings. The molecule has 2 nitrogen and oxygen atoms in total. The molecule has 7 aromatic carbocycles. The Hall–Kier alpha value is -5.88. The summed E-state index contributed by atoms with van der Waals surface area (Å²) in [6, 6.07) is 17.7. The van der Waals surface area contributed by atoms with Gasteiger partial charge in [-0.3, -0.25) is 0 Å². The van der Waals surface area contributed by atoms with Crippen LogP contribution in [-0.4, -0.2) is 0 Å². The van der Waals surface area contributed by atoms with Crippen molar-refractivity contribution < 1.29 is 17.6 Å². The second-order valence-corrected chi connectivity index (χ2v) is 17.3. The van der Waals surface area contributed by atoms with E-state index < -0.39 is 23.3 Å². The van der Waals surface area contributed by atoms with E-state index in [0.717, 1.165) is 33.6 Å². The van der Waals surface area contributed by atoms with Crippen LogP contribution in [0, 0.1) is 23.3 Å². The smallest absolute Gasteiger partial charge is 0.132 e. The Morgan fingerprint density at radius 3 is 0.793 bits per heavy atom. The van der Waals surface area contributed by atoms with E-state index in [2.05, 4.69) is 106 Å². The van der Waals surface area contributed by atoms with Crippen molar-refractivity contribution in [2.24, 2.45) is 0 Å². The van der Waals surface area contributed by atoms with Gasteiger partial charge in [-0.15, -0.1) is 0 Å². The zero-order valence-electron chi connectivity index (χ0n) is 34.3. The number of rotatable bonds is 6. The molecule has 58 heavy (non-hydrogen) atoms. The van der Waals surface area contributed by atoms with Gasteiger partial charge in [0.05, 0.1) is 11.4 Å². The van der Waals surface area contributed by atoms with Gasteiger partial charge in [-0.1, -0.05) is 118 Å². The molecule has 2 heterocycles. The van der Waals surface area contributed by atoms with E-state index in [1.165, 1.54) is 24.3 Å². The molecule has 9 rings (SSSR count). The minimum absolute atomic E-state index is 0.101. The zero-order chi connectivity index (χ0) is 41.5.